The third-order valence-corrected chi connectivity index (χ3v) is 6.74. The molecule has 3 aromatic carbocycles. The van der Waals surface area contributed by atoms with Crippen LogP contribution in [0.2, 0.25) is 0 Å². The lowest BCUT2D eigenvalue weighted by Gasteiger charge is -2.13. The van der Waals surface area contributed by atoms with Gasteiger partial charge in [0.25, 0.3) is 5.91 Å². The Hall–Kier alpha value is -3.36. The molecule has 1 heterocycles. The Balaban J connectivity index is 1.71. The summed E-state index contributed by atoms with van der Waals surface area (Å²) in [6, 6.07) is 17.2. The lowest BCUT2D eigenvalue weighted by atomic mass is 9.99. The quantitative estimate of drug-likeness (QED) is 0.417. The van der Waals surface area contributed by atoms with Gasteiger partial charge in [-0.05, 0) is 60.5 Å². The van der Waals surface area contributed by atoms with E-state index in [0.29, 0.717) is 16.8 Å². The number of amides is 1. The molecule has 4 rings (SSSR count). The maximum atomic E-state index is 13.4. The van der Waals surface area contributed by atoms with Crippen LogP contribution in [0, 0.1) is 12.7 Å². The fraction of sp³-hybridized carbons (Fsp3) is 0.0833. The summed E-state index contributed by atoms with van der Waals surface area (Å²) < 4.78 is 37.5. The fourth-order valence-corrected chi connectivity index (χ4v) is 4.54. The van der Waals surface area contributed by atoms with Crippen LogP contribution in [0.4, 0.5) is 10.1 Å². The molecule has 1 amide bonds. The lowest BCUT2D eigenvalue weighted by molar-refractivity contribution is 0.102. The smallest absolute Gasteiger partial charge is 0.256 e. The van der Waals surface area contributed by atoms with E-state index < -0.39 is 21.6 Å². The van der Waals surface area contributed by atoms with Crippen LogP contribution >= 0.6 is 11.3 Å². The van der Waals surface area contributed by atoms with Crippen molar-refractivity contribution in [3.63, 3.8) is 0 Å². The van der Waals surface area contributed by atoms with E-state index in [1.165, 1.54) is 42.5 Å². The molecule has 0 unspecified atom stereocenters. The predicted octanol–water partition coefficient (Wildman–Crippen LogP) is 5.58. The highest BCUT2D eigenvalue weighted by atomic mass is 32.2. The van der Waals surface area contributed by atoms with Crippen molar-refractivity contribution < 1.29 is 17.6 Å². The van der Waals surface area contributed by atoms with Crippen molar-refractivity contribution in [1.29, 1.82) is 0 Å². The van der Waals surface area contributed by atoms with Gasteiger partial charge in [0, 0.05) is 28.5 Å². The van der Waals surface area contributed by atoms with Gasteiger partial charge in [-0.3, -0.25) is 4.79 Å². The molecule has 0 aliphatic rings. The van der Waals surface area contributed by atoms with Gasteiger partial charge in [0.1, 0.15) is 5.82 Å². The third kappa shape index (κ3) is 4.76. The highest BCUT2D eigenvalue weighted by Gasteiger charge is 2.18. The maximum Gasteiger partial charge on any atom is 0.256 e. The second-order valence-corrected chi connectivity index (χ2v) is 10.4. The Kier molecular flexibility index (Phi) is 5.90. The summed E-state index contributed by atoms with van der Waals surface area (Å²) in [5.74, 6) is -0.830. The number of nitrogens with zero attached hydrogens (tertiary/aromatic N) is 1. The summed E-state index contributed by atoms with van der Waals surface area (Å²) in [7, 11) is -3.49. The van der Waals surface area contributed by atoms with Gasteiger partial charge in [-0.2, -0.15) is 0 Å². The summed E-state index contributed by atoms with van der Waals surface area (Å²) in [5.41, 5.74) is 3.49. The largest absolute Gasteiger partial charge is 0.322 e. The number of carbonyl (C=O) groups is 1. The van der Waals surface area contributed by atoms with Crippen LogP contribution in [0.5, 0.6) is 0 Å². The number of aryl methyl sites for hydroxylation is 1. The first-order valence-electron chi connectivity index (χ1n) is 9.65. The first kappa shape index (κ1) is 21.9. The molecule has 8 heteroatoms. The molecule has 0 aliphatic heterocycles. The lowest BCUT2D eigenvalue weighted by Crippen LogP contribution is -2.14. The van der Waals surface area contributed by atoms with E-state index in [1.54, 1.807) is 17.4 Å². The monoisotopic (exact) mass is 466 g/mol. The zero-order valence-corrected chi connectivity index (χ0v) is 18.9. The molecule has 1 N–H and O–H groups in total. The maximum absolute atomic E-state index is 13.4. The van der Waals surface area contributed by atoms with Crippen molar-refractivity contribution in [1.82, 2.24) is 4.98 Å². The summed E-state index contributed by atoms with van der Waals surface area (Å²) in [6.45, 7) is 1.93. The Labute approximate surface area is 189 Å². The molecule has 32 heavy (non-hydrogen) atoms. The third-order valence-electron chi connectivity index (χ3n) is 4.85. The molecule has 0 spiro atoms. The van der Waals surface area contributed by atoms with Gasteiger partial charge in [0.05, 0.1) is 15.6 Å². The Bertz CT molecular complexity index is 1410. The van der Waals surface area contributed by atoms with Gasteiger partial charge >= 0.3 is 0 Å². The van der Waals surface area contributed by atoms with Gasteiger partial charge in [0.15, 0.2) is 9.84 Å². The second-order valence-electron chi connectivity index (χ2n) is 7.27. The summed E-state index contributed by atoms with van der Waals surface area (Å²) in [4.78, 5) is 17.7. The minimum Gasteiger partial charge on any atom is -0.322 e. The zero-order valence-electron chi connectivity index (χ0n) is 17.3. The van der Waals surface area contributed by atoms with Gasteiger partial charge < -0.3 is 5.32 Å². The van der Waals surface area contributed by atoms with Crippen LogP contribution in [0.1, 0.15) is 15.4 Å². The average Bonchev–Trinajstić information content (AvgIpc) is 3.20. The van der Waals surface area contributed by atoms with Crippen molar-refractivity contribution in [2.24, 2.45) is 0 Å². The van der Waals surface area contributed by atoms with Gasteiger partial charge in [-0.25, -0.2) is 17.8 Å². The SMILES string of the molecule is Cc1nc(-c2cccc(NC(=O)c3ccc(S(C)(=O)=O)cc3-c3ccc(F)cc3)c2)cs1. The van der Waals surface area contributed by atoms with Crippen LogP contribution in [0.25, 0.3) is 22.4 Å². The van der Waals surface area contributed by atoms with Crippen molar-refractivity contribution in [2.75, 3.05) is 11.6 Å². The number of hydrogen-bond donors (Lipinski definition) is 1. The number of benzene rings is 3. The predicted molar refractivity (Wildman–Crippen MR) is 125 cm³/mol. The average molecular weight is 467 g/mol. The highest BCUT2D eigenvalue weighted by Crippen LogP contribution is 2.29. The van der Waals surface area contributed by atoms with Crippen molar-refractivity contribution in [3.05, 3.63) is 88.5 Å². The molecule has 4 aromatic rings. The standard InChI is InChI=1S/C24H19FN2O3S2/c1-15-26-23(14-31-15)17-4-3-5-19(12-17)27-24(28)21-11-10-20(32(2,29)30)13-22(21)16-6-8-18(25)9-7-16/h3-14H,1-2H3,(H,27,28). The topological polar surface area (TPSA) is 76.1 Å². The van der Waals surface area contributed by atoms with Gasteiger partial charge in [-0.15, -0.1) is 11.3 Å². The number of aromatic nitrogens is 1. The molecule has 0 radical (unpaired) electrons. The van der Waals surface area contributed by atoms with E-state index in [1.807, 2.05) is 30.5 Å². The molecule has 0 fully saturated rings. The molecule has 162 valence electrons. The minimum absolute atomic E-state index is 0.0780. The molecule has 1 aromatic heterocycles. The number of anilines is 1. The van der Waals surface area contributed by atoms with Gasteiger partial charge in [-0.1, -0.05) is 24.3 Å². The van der Waals surface area contributed by atoms with E-state index in [-0.39, 0.29) is 10.5 Å². The van der Waals surface area contributed by atoms with Crippen LogP contribution < -0.4 is 5.32 Å². The zero-order chi connectivity index (χ0) is 22.9. The number of carbonyl (C=O) groups excluding carboxylic acids is 1. The number of nitrogens with one attached hydrogen (secondary N) is 1. The van der Waals surface area contributed by atoms with E-state index >= 15 is 0 Å². The molecular formula is C24H19FN2O3S2. The van der Waals surface area contributed by atoms with E-state index in [2.05, 4.69) is 10.3 Å². The van der Waals surface area contributed by atoms with E-state index in [4.69, 9.17) is 0 Å². The molecule has 0 bridgehead atoms. The number of sulfone groups is 1. The van der Waals surface area contributed by atoms with E-state index in [0.717, 1.165) is 22.5 Å². The van der Waals surface area contributed by atoms with Crippen LogP contribution in [-0.4, -0.2) is 25.6 Å². The Morgan fingerprint density at radius 3 is 2.41 bits per heavy atom. The summed E-state index contributed by atoms with van der Waals surface area (Å²) >= 11 is 1.55. The molecular weight excluding hydrogens is 447 g/mol. The molecule has 0 saturated carbocycles. The summed E-state index contributed by atoms with van der Waals surface area (Å²) in [6.07, 6.45) is 1.10. The normalized spacial score (nSPS) is 11.3. The molecule has 5 nitrogen and oxygen atoms in total. The number of rotatable bonds is 5. The van der Waals surface area contributed by atoms with Crippen LogP contribution in [0.3, 0.4) is 0 Å². The Morgan fingerprint density at radius 2 is 1.75 bits per heavy atom. The van der Waals surface area contributed by atoms with Crippen molar-refractivity contribution >= 4 is 32.8 Å². The minimum atomic E-state index is -3.49. The van der Waals surface area contributed by atoms with Crippen molar-refractivity contribution in [3.8, 4) is 22.4 Å². The first-order valence-corrected chi connectivity index (χ1v) is 12.4. The molecule has 0 atom stereocenters. The number of halogens is 1. The summed E-state index contributed by atoms with van der Waals surface area (Å²) in [5, 5.41) is 5.77. The number of hydrogen-bond acceptors (Lipinski definition) is 5. The van der Waals surface area contributed by atoms with Gasteiger partial charge in [0.2, 0.25) is 0 Å². The van der Waals surface area contributed by atoms with Crippen molar-refractivity contribution in [2.45, 2.75) is 11.8 Å². The Morgan fingerprint density at radius 1 is 1.00 bits per heavy atom. The number of thiazole rings is 1. The first-order chi connectivity index (χ1) is 15.2. The molecule has 0 saturated heterocycles. The molecule has 0 aliphatic carbocycles. The van der Waals surface area contributed by atoms with E-state index in [9.17, 15) is 17.6 Å². The van der Waals surface area contributed by atoms with Crippen LogP contribution in [0.15, 0.2) is 77.0 Å². The fourth-order valence-electron chi connectivity index (χ4n) is 3.27. The second kappa shape index (κ2) is 8.64. The van der Waals surface area contributed by atoms with Crippen LogP contribution in [-0.2, 0) is 9.84 Å². The highest BCUT2D eigenvalue weighted by molar-refractivity contribution is 7.90.